The number of nitrogens with zero attached hydrogens (tertiary/aromatic N) is 2. The summed E-state index contributed by atoms with van der Waals surface area (Å²) in [6, 6.07) is 55.2. The van der Waals surface area contributed by atoms with E-state index in [-0.39, 0.29) is 28.3 Å². The molecule has 0 aromatic heterocycles. The summed E-state index contributed by atoms with van der Waals surface area (Å²) in [5.74, 6) is 0. The summed E-state index contributed by atoms with van der Waals surface area (Å²) >= 11 is -22.5. The number of benzene rings is 5. The average Bonchev–Trinajstić information content (AvgIpc) is 3.06. The Kier molecular flexibility index (Phi) is 19.4. The maximum atomic E-state index is 9.93. The third kappa shape index (κ3) is 36.2. The van der Waals surface area contributed by atoms with E-state index >= 15 is 0 Å². The summed E-state index contributed by atoms with van der Waals surface area (Å²) in [5.41, 5.74) is 1.43. The van der Waals surface area contributed by atoms with Crippen LogP contribution in [0.2, 0.25) is 0 Å². The Morgan fingerprint density at radius 1 is 0.434 bits per heavy atom. The topological polar surface area (TPSA) is 47.6 Å². The second kappa shape index (κ2) is 20.4. The summed E-state index contributed by atoms with van der Waals surface area (Å²) < 4.78 is 119. The van der Waals surface area contributed by atoms with Gasteiger partial charge < -0.3 is 0 Å². The van der Waals surface area contributed by atoms with Gasteiger partial charge in [0.2, 0.25) is 0 Å². The van der Waals surface area contributed by atoms with Crippen LogP contribution in [0.3, 0.4) is 0 Å². The second-order valence-corrected chi connectivity index (χ2v) is 24.7. The maximum Gasteiger partial charge on any atom is 2.00 e. The largest absolute Gasteiger partial charge is 2.00 e. The van der Waals surface area contributed by atoms with Gasteiger partial charge in [0.15, 0.2) is 0 Å². The van der Waals surface area contributed by atoms with E-state index in [1.807, 2.05) is 48.5 Å². The minimum atomic E-state index is -11.2. The summed E-state index contributed by atoms with van der Waals surface area (Å²) in [5, 5.41) is 21.0. The molecule has 0 amide bonds. The molecule has 1 unspecified atom stereocenters. The molecule has 0 radical (unpaired) electrons. The second-order valence-electron chi connectivity index (χ2n) is 9.99. The Balaban J connectivity index is 0.000000723. The summed E-state index contributed by atoms with van der Waals surface area (Å²) in [6.45, 7) is 0. The molecular formula is C34H30F12N2P2PdSb2. The van der Waals surface area contributed by atoms with E-state index in [9.17, 15) is 33.8 Å². The Morgan fingerprint density at radius 2 is 0.679 bits per heavy atom. The van der Waals surface area contributed by atoms with Crippen molar-refractivity contribution in [3.8, 4) is 12.1 Å². The van der Waals surface area contributed by atoms with Crippen molar-refractivity contribution in [2.24, 2.45) is 0 Å². The monoisotopic (exact) mass is 1100 g/mol. The van der Waals surface area contributed by atoms with Crippen LogP contribution in [-0.2, 0) is 20.4 Å². The molecule has 5 aromatic carbocycles. The van der Waals surface area contributed by atoms with Crippen molar-refractivity contribution in [3.05, 3.63) is 163 Å². The zero-order valence-electron chi connectivity index (χ0n) is 26.9. The van der Waals surface area contributed by atoms with Crippen molar-refractivity contribution in [1.29, 1.82) is 10.5 Å². The van der Waals surface area contributed by atoms with Gasteiger partial charge in [-0.25, -0.2) is 0 Å². The molecule has 0 bridgehead atoms. The van der Waals surface area contributed by atoms with E-state index < -0.39 is 39.0 Å². The molecule has 0 heterocycles. The van der Waals surface area contributed by atoms with Crippen LogP contribution in [0.1, 0.15) is 11.1 Å². The molecule has 19 heteroatoms. The van der Waals surface area contributed by atoms with Crippen molar-refractivity contribution in [1.82, 2.24) is 0 Å². The summed E-state index contributed by atoms with van der Waals surface area (Å²) in [4.78, 5) is 0. The molecular weight excluding hydrogens is 1080 g/mol. The van der Waals surface area contributed by atoms with Crippen molar-refractivity contribution in [2.75, 3.05) is 12.3 Å². The Labute approximate surface area is 320 Å². The van der Waals surface area contributed by atoms with Crippen LogP contribution in [0, 0.1) is 22.7 Å². The van der Waals surface area contributed by atoms with Gasteiger partial charge in [-0.1, -0.05) is 136 Å². The van der Waals surface area contributed by atoms with E-state index in [2.05, 4.69) is 91.0 Å². The minimum absolute atomic E-state index is 0. The van der Waals surface area contributed by atoms with Gasteiger partial charge >= 0.3 is 93.1 Å². The van der Waals surface area contributed by atoms with Gasteiger partial charge in [-0.3, -0.25) is 0 Å². The number of rotatable bonds is 6. The maximum absolute atomic E-state index is 11.2. The molecule has 2 nitrogen and oxygen atoms in total. The van der Waals surface area contributed by atoms with Gasteiger partial charge in [0.1, 0.15) is 0 Å². The summed E-state index contributed by atoms with van der Waals surface area (Å²) in [7, 11) is 0.663. The van der Waals surface area contributed by atoms with Crippen molar-refractivity contribution in [2.45, 2.75) is 0 Å². The third-order valence-electron chi connectivity index (χ3n) is 5.38. The van der Waals surface area contributed by atoms with Crippen LogP contribution in [0.25, 0.3) is 0 Å². The molecule has 290 valence electrons. The van der Waals surface area contributed by atoms with Crippen LogP contribution in [-0.4, -0.2) is 51.3 Å². The fourth-order valence-corrected chi connectivity index (χ4v) is 7.45. The Morgan fingerprint density at radius 3 is 0.925 bits per heavy atom. The van der Waals surface area contributed by atoms with Gasteiger partial charge in [-0.15, -0.1) is 0 Å². The van der Waals surface area contributed by atoms with Crippen molar-refractivity contribution < 1.29 is 54.2 Å². The molecule has 0 saturated heterocycles. The Bertz CT molecular complexity index is 1710. The molecule has 5 rings (SSSR count). The molecule has 5 aromatic rings. The first kappa shape index (κ1) is 50.4. The molecule has 53 heavy (non-hydrogen) atoms. The summed E-state index contributed by atoms with van der Waals surface area (Å²) in [6.07, 6.45) is 2.52. The predicted molar refractivity (Wildman–Crippen MR) is 190 cm³/mol. The van der Waals surface area contributed by atoms with Gasteiger partial charge in [0, 0.05) is 0 Å². The number of halogens is 12. The molecule has 0 fully saturated rings. The SMILES string of the molecule is N#Cc1ccccc1.N#Cc1ccccc1.[F][Sb-]([F])([F])([F])([F])[F].[F][Sb-]([F])([F])([F])([F])[F].[Pd+2].c1ccc(PCCP(c2ccccc2)c2ccccc2)cc1. The van der Waals surface area contributed by atoms with E-state index in [0.717, 1.165) is 8.58 Å². The molecule has 0 aliphatic carbocycles. The normalized spacial score (nSPS) is 13.2. The predicted octanol–water partition coefficient (Wildman–Crippen LogP) is 11.5. The zero-order valence-corrected chi connectivity index (χ0v) is 35.5. The fourth-order valence-electron chi connectivity index (χ4n) is 3.52. The average molecular weight is 1110 g/mol. The van der Waals surface area contributed by atoms with E-state index in [1.165, 1.54) is 28.2 Å². The zero-order chi connectivity index (χ0) is 39.5. The van der Waals surface area contributed by atoms with Gasteiger partial charge in [0.25, 0.3) is 0 Å². The van der Waals surface area contributed by atoms with Crippen molar-refractivity contribution >= 4 is 71.4 Å². The first-order valence-corrected chi connectivity index (χ1v) is 28.7. The molecule has 0 aliphatic heterocycles. The van der Waals surface area contributed by atoms with E-state index in [0.29, 0.717) is 11.1 Å². The van der Waals surface area contributed by atoms with Crippen LogP contribution in [0.15, 0.2) is 152 Å². The molecule has 0 spiro atoms. The first-order chi connectivity index (χ1) is 23.7. The quantitative estimate of drug-likeness (QED) is 0.0966. The van der Waals surface area contributed by atoms with Crippen LogP contribution in [0.4, 0.5) is 33.8 Å². The number of hydrogen-bond donors (Lipinski definition) is 0. The molecule has 0 aliphatic rings. The first-order valence-electron chi connectivity index (χ1n) is 14.4. The third-order valence-corrected chi connectivity index (χ3v) is 9.56. The van der Waals surface area contributed by atoms with Gasteiger partial charge in [-0.2, -0.15) is 10.5 Å². The van der Waals surface area contributed by atoms with Crippen LogP contribution in [0.5, 0.6) is 0 Å². The number of hydrogen-bond acceptors (Lipinski definition) is 2. The smallest absolute Gasteiger partial charge is 0.0900 e. The molecule has 0 saturated carbocycles. The number of nitriles is 2. The Hall–Kier alpha value is -2.60. The fraction of sp³-hybridized carbons (Fsp3) is 0.0588. The van der Waals surface area contributed by atoms with Gasteiger partial charge in [-0.05, 0) is 60.4 Å². The standard InChI is InChI=1S/C20H20P2.2C7H5N.12FH.Pd.2Sb/c1-4-10-18(11-5-1)21-16-17-22(19-12-6-2-7-13-19)20-14-8-3-9-15-20;2*8-6-7-4-2-1-3-5-7;;;;;;;;;;;;;;;/h1-15,21H,16-17H2;2*1-5H;12*1H;;;/q;;;;;;;;;;;;;;;+2;2*+5/p-12. The van der Waals surface area contributed by atoms with Crippen LogP contribution >= 0.6 is 16.5 Å². The minimum Gasteiger partial charge on any atom is -0.0900 e. The van der Waals surface area contributed by atoms with E-state index in [1.54, 1.807) is 24.3 Å². The molecule has 0 N–H and O–H groups in total. The van der Waals surface area contributed by atoms with Gasteiger partial charge in [0.05, 0.1) is 23.3 Å². The molecule has 1 atom stereocenters. The van der Waals surface area contributed by atoms with E-state index in [4.69, 9.17) is 10.5 Å². The van der Waals surface area contributed by atoms with Crippen molar-refractivity contribution in [3.63, 3.8) is 0 Å². The van der Waals surface area contributed by atoms with Crippen LogP contribution < -0.4 is 15.9 Å².